The van der Waals surface area contributed by atoms with E-state index in [9.17, 15) is 4.79 Å². The van der Waals surface area contributed by atoms with Crippen LogP contribution in [-0.4, -0.2) is 18.5 Å². The fourth-order valence-electron chi connectivity index (χ4n) is 3.63. The van der Waals surface area contributed by atoms with Crippen molar-refractivity contribution in [1.82, 2.24) is 5.32 Å². The van der Waals surface area contributed by atoms with Crippen molar-refractivity contribution in [3.63, 3.8) is 0 Å². The Kier molecular flexibility index (Phi) is 4.66. The molecule has 0 spiro atoms. The average Bonchev–Trinajstić information content (AvgIpc) is 2.85. The smallest absolute Gasteiger partial charge is 0.226 e. The van der Waals surface area contributed by atoms with Crippen LogP contribution in [0.3, 0.4) is 0 Å². The van der Waals surface area contributed by atoms with Gasteiger partial charge in [-0.15, -0.1) is 0 Å². The highest BCUT2D eigenvalue weighted by Gasteiger charge is 2.37. The molecule has 0 aromatic rings. The molecule has 1 atom stereocenters. The van der Waals surface area contributed by atoms with Crippen molar-refractivity contribution in [2.45, 2.75) is 70.8 Å². The zero-order valence-corrected chi connectivity index (χ0v) is 11.7. The maximum absolute atomic E-state index is 12.4. The summed E-state index contributed by atoms with van der Waals surface area (Å²) < 4.78 is 0. The minimum atomic E-state index is -0.123. The fourth-order valence-corrected chi connectivity index (χ4v) is 3.63. The summed E-state index contributed by atoms with van der Waals surface area (Å²) >= 11 is 0. The van der Waals surface area contributed by atoms with Gasteiger partial charge >= 0.3 is 0 Å². The second-order valence-corrected chi connectivity index (χ2v) is 6.48. The molecule has 0 radical (unpaired) electrons. The van der Waals surface area contributed by atoms with Crippen LogP contribution in [0.15, 0.2) is 0 Å². The van der Waals surface area contributed by atoms with Gasteiger partial charge in [0.2, 0.25) is 5.91 Å². The van der Waals surface area contributed by atoms with Gasteiger partial charge in [0.15, 0.2) is 0 Å². The van der Waals surface area contributed by atoms with Crippen molar-refractivity contribution in [1.29, 1.82) is 0 Å². The maximum Gasteiger partial charge on any atom is 0.226 e. The summed E-state index contributed by atoms with van der Waals surface area (Å²) in [5.41, 5.74) is 5.76. The lowest BCUT2D eigenvalue weighted by Crippen LogP contribution is -2.50. The first-order chi connectivity index (χ1) is 8.65. The third kappa shape index (κ3) is 3.05. The number of carbonyl (C=O) groups excluding carboxylic acids is 1. The van der Waals surface area contributed by atoms with Gasteiger partial charge in [0.05, 0.1) is 0 Å². The molecule has 2 aliphatic rings. The number of nitrogens with two attached hydrogens (primary N) is 1. The standard InChI is InChI=1S/C15H28N2O/c1-15(9-5-6-10-15)14(18)17-13(11-16)12-7-3-2-4-8-12/h12-13H,2-11,16H2,1H3,(H,17,18). The van der Waals surface area contributed by atoms with E-state index >= 15 is 0 Å². The summed E-state index contributed by atoms with van der Waals surface area (Å²) in [6, 6.07) is 0.204. The predicted molar refractivity (Wildman–Crippen MR) is 74.1 cm³/mol. The zero-order valence-electron chi connectivity index (χ0n) is 11.7. The second kappa shape index (κ2) is 6.05. The van der Waals surface area contributed by atoms with E-state index < -0.39 is 0 Å². The molecule has 104 valence electrons. The van der Waals surface area contributed by atoms with Crippen molar-refractivity contribution in [2.24, 2.45) is 17.1 Å². The summed E-state index contributed by atoms with van der Waals surface area (Å²) in [6.45, 7) is 2.70. The van der Waals surface area contributed by atoms with Gasteiger partial charge in [-0.3, -0.25) is 4.79 Å². The van der Waals surface area contributed by atoms with E-state index in [-0.39, 0.29) is 17.4 Å². The fraction of sp³-hybridized carbons (Fsp3) is 0.933. The molecule has 0 aliphatic heterocycles. The molecule has 2 saturated carbocycles. The molecule has 0 aromatic carbocycles. The van der Waals surface area contributed by atoms with Crippen LogP contribution in [0, 0.1) is 11.3 Å². The number of rotatable bonds is 4. The topological polar surface area (TPSA) is 55.1 Å². The number of hydrogen-bond donors (Lipinski definition) is 2. The van der Waals surface area contributed by atoms with Crippen LogP contribution in [0.1, 0.15) is 64.7 Å². The van der Waals surface area contributed by atoms with Crippen LogP contribution in [-0.2, 0) is 4.79 Å². The molecule has 0 bridgehead atoms. The van der Waals surface area contributed by atoms with Crippen LogP contribution in [0.5, 0.6) is 0 Å². The Balaban J connectivity index is 1.90. The monoisotopic (exact) mass is 252 g/mol. The molecule has 3 heteroatoms. The van der Waals surface area contributed by atoms with Gasteiger partial charge in [-0.25, -0.2) is 0 Å². The molecule has 2 aliphatic carbocycles. The highest BCUT2D eigenvalue weighted by Crippen LogP contribution is 2.38. The Morgan fingerprint density at radius 3 is 2.39 bits per heavy atom. The summed E-state index contributed by atoms with van der Waals surface area (Å²) in [5, 5.41) is 3.25. The number of carbonyl (C=O) groups is 1. The predicted octanol–water partition coefficient (Wildman–Crippen LogP) is 2.59. The quantitative estimate of drug-likeness (QED) is 0.808. The normalized spacial score (nSPS) is 25.9. The van der Waals surface area contributed by atoms with E-state index in [1.165, 1.54) is 44.9 Å². The van der Waals surface area contributed by atoms with E-state index in [4.69, 9.17) is 5.73 Å². The van der Waals surface area contributed by atoms with Crippen LogP contribution in [0.25, 0.3) is 0 Å². The largest absolute Gasteiger partial charge is 0.351 e. The van der Waals surface area contributed by atoms with Gasteiger partial charge in [-0.05, 0) is 31.6 Å². The van der Waals surface area contributed by atoms with E-state index in [0.717, 1.165) is 12.8 Å². The van der Waals surface area contributed by atoms with Gasteiger partial charge in [-0.2, -0.15) is 0 Å². The molecule has 1 unspecified atom stereocenters. The summed E-state index contributed by atoms with van der Waals surface area (Å²) in [4.78, 5) is 12.4. The molecule has 18 heavy (non-hydrogen) atoms. The lowest BCUT2D eigenvalue weighted by molar-refractivity contribution is -0.131. The minimum absolute atomic E-state index is 0.123. The Labute approximate surface area is 111 Å². The van der Waals surface area contributed by atoms with E-state index in [0.29, 0.717) is 12.5 Å². The van der Waals surface area contributed by atoms with Crippen LogP contribution in [0.4, 0.5) is 0 Å². The number of hydrogen-bond acceptors (Lipinski definition) is 2. The molecule has 0 saturated heterocycles. The molecular weight excluding hydrogens is 224 g/mol. The highest BCUT2D eigenvalue weighted by molar-refractivity contribution is 5.82. The van der Waals surface area contributed by atoms with E-state index in [2.05, 4.69) is 12.2 Å². The molecule has 0 heterocycles. The van der Waals surface area contributed by atoms with Gasteiger partial charge in [-0.1, -0.05) is 39.0 Å². The van der Waals surface area contributed by atoms with Gasteiger partial charge in [0, 0.05) is 18.0 Å². The Hall–Kier alpha value is -0.570. The summed E-state index contributed by atoms with van der Waals surface area (Å²) in [7, 11) is 0. The molecule has 1 amide bonds. The second-order valence-electron chi connectivity index (χ2n) is 6.48. The zero-order chi connectivity index (χ0) is 13.0. The third-order valence-corrected chi connectivity index (χ3v) is 5.04. The lowest BCUT2D eigenvalue weighted by Gasteiger charge is -2.33. The van der Waals surface area contributed by atoms with Crippen molar-refractivity contribution in [3.05, 3.63) is 0 Å². The highest BCUT2D eigenvalue weighted by atomic mass is 16.2. The first-order valence-electron chi connectivity index (χ1n) is 7.67. The first-order valence-corrected chi connectivity index (χ1v) is 7.67. The molecule has 3 nitrogen and oxygen atoms in total. The maximum atomic E-state index is 12.4. The molecule has 2 fully saturated rings. The van der Waals surface area contributed by atoms with Crippen molar-refractivity contribution in [2.75, 3.05) is 6.54 Å². The number of nitrogens with one attached hydrogen (secondary N) is 1. The van der Waals surface area contributed by atoms with Crippen LogP contribution in [0.2, 0.25) is 0 Å². The van der Waals surface area contributed by atoms with Gasteiger partial charge in [0.25, 0.3) is 0 Å². The first kappa shape index (κ1) is 13.9. The number of amides is 1. The molecule has 0 aromatic heterocycles. The van der Waals surface area contributed by atoms with Gasteiger partial charge in [0.1, 0.15) is 0 Å². The summed E-state index contributed by atoms with van der Waals surface area (Å²) in [6.07, 6.45) is 10.9. The Bertz CT molecular complexity index is 278. The van der Waals surface area contributed by atoms with Crippen molar-refractivity contribution in [3.8, 4) is 0 Å². The van der Waals surface area contributed by atoms with Crippen molar-refractivity contribution < 1.29 is 4.79 Å². The van der Waals surface area contributed by atoms with Crippen LogP contribution >= 0.6 is 0 Å². The SMILES string of the molecule is CC1(C(=O)NC(CN)C2CCCCC2)CCCC1. The van der Waals surface area contributed by atoms with E-state index in [1.54, 1.807) is 0 Å². The lowest BCUT2D eigenvalue weighted by atomic mass is 9.82. The Morgan fingerprint density at radius 2 is 1.83 bits per heavy atom. The minimum Gasteiger partial charge on any atom is -0.351 e. The van der Waals surface area contributed by atoms with Crippen LogP contribution < -0.4 is 11.1 Å². The average molecular weight is 252 g/mol. The third-order valence-electron chi connectivity index (χ3n) is 5.04. The van der Waals surface area contributed by atoms with E-state index in [1.807, 2.05) is 0 Å². The Morgan fingerprint density at radius 1 is 1.22 bits per heavy atom. The van der Waals surface area contributed by atoms with Gasteiger partial charge < -0.3 is 11.1 Å². The molecule has 2 rings (SSSR count). The van der Waals surface area contributed by atoms with Crippen molar-refractivity contribution >= 4 is 5.91 Å². The summed E-state index contributed by atoms with van der Waals surface area (Å²) in [5.74, 6) is 0.860. The molecular formula is C15H28N2O. The molecule has 3 N–H and O–H groups in total.